The number of thiocarbonyl (C=S) groups is 1. The molecule has 0 aromatic rings. The summed E-state index contributed by atoms with van der Waals surface area (Å²) in [5, 5.41) is -0.307. The van der Waals surface area contributed by atoms with Crippen LogP contribution in [0.15, 0.2) is 24.3 Å². The van der Waals surface area contributed by atoms with Gasteiger partial charge in [0.05, 0.1) is 5.41 Å². The van der Waals surface area contributed by atoms with Crippen LogP contribution >= 0.6 is 35.6 Å². The third kappa shape index (κ3) is 3.84. The van der Waals surface area contributed by atoms with Gasteiger partial charge < -0.3 is 4.90 Å². The van der Waals surface area contributed by atoms with Gasteiger partial charge >= 0.3 is 0 Å². The Bertz CT molecular complexity index is 377. The van der Waals surface area contributed by atoms with Crippen LogP contribution in [0.4, 0.5) is 0 Å². The Labute approximate surface area is 123 Å². The SMILES string of the molecule is CCN(CC)C(=S)SCC1(C(=O)Cl)C=CC=CC1. The van der Waals surface area contributed by atoms with Crippen molar-refractivity contribution in [3.63, 3.8) is 0 Å². The van der Waals surface area contributed by atoms with E-state index in [1.165, 1.54) is 11.8 Å². The van der Waals surface area contributed by atoms with Crippen molar-refractivity contribution in [3.8, 4) is 0 Å². The molecule has 0 saturated heterocycles. The topological polar surface area (TPSA) is 20.3 Å². The third-order valence-corrected chi connectivity index (χ3v) is 5.16. The highest BCUT2D eigenvalue weighted by Gasteiger charge is 2.35. The molecule has 2 nitrogen and oxygen atoms in total. The van der Waals surface area contributed by atoms with Gasteiger partial charge in [-0.3, -0.25) is 4.79 Å². The largest absolute Gasteiger partial charge is 0.358 e. The summed E-state index contributed by atoms with van der Waals surface area (Å²) in [6.45, 7) is 5.92. The normalized spacial score (nSPS) is 21.9. The van der Waals surface area contributed by atoms with Crippen LogP contribution in [0.25, 0.3) is 0 Å². The first-order valence-electron chi connectivity index (χ1n) is 6.01. The number of rotatable bonds is 5. The highest BCUT2D eigenvalue weighted by molar-refractivity contribution is 8.22. The fraction of sp³-hybridized carbons (Fsp3) is 0.538. The van der Waals surface area contributed by atoms with Crippen molar-refractivity contribution in [3.05, 3.63) is 24.3 Å². The van der Waals surface area contributed by atoms with Crippen LogP contribution in [0.3, 0.4) is 0 Å². The fourth-order valence-corrected chi connectivity index (χ4v) is 3.63. The van der Waals surface area contributed by atoms with E-state index in [2.05, 4.69) is 18.7 Å². The Morgan fingerprint density at radius 3 is 2.56 bits per heavy atom. The molecule has 0 aromatic carbocycles. The molecule has 0 spiro atoms. The van der Waals surface area contributed by atoms with Gasteiger partial charge in [-0.25, -0.2) is 0 Å². The number of hydrogen-bond acceptors (Lipinski definition) is 3. The van der Waals surface area contributed by atoms with Crippen LogP contribution in [-0.2, 0) is 4.79 Å². The Morgan fingerprint density at radius 2 is 2.11 bits per heavy atom. The summed E-state index contributed by atoms with van der Waals surface area (Å²) < 4.78 is 0.834. The fourth-order valence-electron chi connectivity index (χ4n) is 1.74. The molecule has 5 heteroatoms. The second kappa shape index (κ2) is 7.31. The number of carbonyl (C=O) groups excluding carboxylic acids is 1. The zero-order valence-corrected chi connectivity index (χ0v) is 13.1. The lowest BCUT2D eigenvalue weighted by molar-refractivity contribution is -0.117. The lowest BCUT2D eigenvalue weighted by atomic mass is 9.85. The summed E-state index contributed by atoms with van der Waals surface area (Å²) in [6, 6.07) is 0. The highest BCUT2D eigenvalue weighted by atomic mass is 35.5. The molecule has 1 rings (SSSR count). The van der Waals surface area contributed by atoms with Crippen molar-refractivity contribution >= 4 is 45.1 Å². The van der Waals surface area contributed by atoms with Crippen molar-refractivity contribution in [2.45, 2.75) is 20.3 Å². The van der Waals surface area contributed by atoms with E-state index in [-0.39, 0.29) is 5.24 Å². The quantitative estimate of drug-likeness (QED) is 0.571. The van der Waals surface area contributed by atoms with Crippen molar-refractivity contribution in [2.75, 3.05) is 18.8 Å². The number of thioether (sulfide) groups is 1. The van der Waals surface area contributed by atoms with Crippen LogP contribution in [0.2, 0.25) is 0 Å². The molecule has 0 N–H and O–H groups in total. The van der Waals surface area contributed by atoms with Crippen molar-refractivity contribution < 1.29 is 4.79 Å². The molecular formula is C13H18ClNOS2. The first kappa shape index (κ1) is 15.7. The summed E-state index contributed by atoms with van der Waals surface area (Å²) in [6.07, 6.45) is 8.33. The van der Waals surface area contributed by atoms with Crippen molar-refractivity contribution in [1.82, 2.24) is 4.90 Å². The molecule has 0 fully saturated rings. The minimum atomic E-state index is -0.599. The van der Waals surface area contributed by atoms with E-state index in [0.717, 1.165) is 17.4 Å². The number of hydrogen-bond donors (Lipinski definition) is 0. The number of halogens is 1. The second-order valence-corrected chi connectivity index (χ2v) is 6.10. The predicted octanol–water partition coefficient (Wildman–Crippen LogP) is 3.61. The Kier molecular flexibility index (Phi) is 6.39. The van der Waals surface area contributed by atoms with E-state index >= 15 is 0 Å². The number of nitrogens with zero attached hydrogens (tertiary/aromatic N) is 1. The van der Waals surface area contributed by atoms with Gasteiger partial charge in [0.2, 0.25) is 5.24 Å². The monoisotopic (exact) mass is 303 g/mol. The average Bonchev–Trinajstić information content (AvgIpc) is 2.38. The van der Waals surface area contributed by atoms with Crippen LogP contribution in [0.5, 0.6) is 0 Å². The Hall–Kier alpha value is -0.320. The molecule has 0 aliphatic heterocycles. The summed E-state index contributed by atoms with van der Waals surface area (Å²) in [5.41, 5.74) is -0.599. The van der Waals surface area contributed by atoms with Gasteiger partial charge in [0.1, 0.15) is 4.32 Å². The standard InChI is InChI=1S/C13H18ClNOS2/c1-3-15(4-2)12(17)18-10-13(11(14)16)8-6-5-7-9-13/h5-8H,3-4,9-10H2,1-2H3. The van der Waals surface area contributed by atoms with Crippen LogP contribution in [0.1, 0.15) is 20.3 Å². The number of allylic oxidation sites excluding steroid dienone is 4. The third-order valence-electron chi connectivity index (χ3n) is 3.01. The van der Waals surface area contributed by atoms with Crippen molar-refractivity contribution in [2.24, 2.45) is 5.41 Å². The van der Waals surface area contributed by atoms with Crippen LogP contribution in [0, 0.1) is 5.41 Å². The highest BCUT2D eigenvalue weighted by Crippen LogP contribution is 2.35. The molecule has 100 valence electrons. The summed E-state index contributed by atoms with van der Waals surface area (Å²) in [4.78, 5) is 13.8. The molecule has 18 heavy (non-hydrogen) atoms. The van der Waals surface area contributed by atoms with Crippen molar-refractivity contribution in [1.29, 1.82) is 0 Å². The average molecular weight is 304 g/mol. The molecule has 1 unspecified atom stereocenters. The summed E-state index contributed by atoms with van der Waals surface area (Å²) >= 11 is 12.7. The van der Waals surface area contributed by atoms with Gasteiger partial charge in [0, 0.05) is 18.8 Å². The first-order chi connectivity index (χ1) is 8.55. The lowest BCUT2D eigenvalue weighted by Gasteiger charge is -2.28. The Morgan fingerprint density at radius 1 is 1.44 bits per heavy atom. The molecule has 0 saturated carbocycles. The maximum atomic E-state index is 11.7. The molecule has 1 aliphatic carbocycles. The molecule has 0 amide bonds. The minimum Gasteiger partial charge on any atom is -0.358 e. The maximum Gasteiger partial charge on any atom is 0.232 e. The maximum absolute atomic E-state index is 11.7. The van der Waals surface area contributed by atoms with E-state index in [0.29, 0.717) is 12.2 Å². The summed E-state index contributed by atoms with van der Waals surface area (Å²) in [7, 11) is 0. The molecule has 0 heterocycles. The first-order valence-corrected chi connectivity index (χ1v) is 7.79. The summed E-state index contributed by atoms with van der Waals surface area (Å²) in [5.74, 6) is 0.603. The van der Waals surface area contributed by atoms with E-state index in [9.17, 15) is 4.79 Å². The lowest BCUT2D eigenvalue weighted by Crippen LogP contribution is -2.32. The molecule has 0 bridgehead atoms. The van der Waals surface area contributed by atoms with Gasteiger partial charge in [-0.1, -0.05) is 48.3 Å². The molecular weight excluding hydrogens is 286 g/mol. The second-order valence-electron chi connectivity index (χ2n) is 4.15. The van der Waals surface area contributed by atoms with E-state index in [4.69, 9.17) is 23.8 Å². The van der Waals surface area contributed by atoms with Gasteiger partial charge in [0.15, 0.2) is 0 Å². The predicted molar refractivity (Wildman–Crippen MR) is 84.2 cm³/mol. The molecule has 0 aromatic heterocycles. The van der Waals surface area contributed by atoms with E-state index < -0.39 is 5.41 Å². The molecule has 1 atom stereocenters. The minimum absolute atomic E-state index is 0.307. The van der Waals surface area contributed by atoms with Gasteiger partial charge in [-0.15, -0.1) is 0 Å². The van der Waals surface area contributed by atoms with Crippen LogP contribution < -0.4 is 0 Å². The van der Waals surface area contributed by atoms with Gasteiger partial charge in [-0.05, 0) is 31.9 Å². The molecule has 1 aliphatic rings. The zero-order valence-electron chi connectivity index (χ0n) is 10.7. The van der Waals surface area contributed by atoms with E-state index in [1.807, 2.05) is 24.3 Å². The van der Waals surface area contributed by atoms with E-state index in [1.54, 1.807) is 0 Å². The van der Waals surface area contributed by atoms with Gasteiger partial charge in [0.25, 0.3) is 0 Å². The van der Waals surface area contributed by atoms with Gasteiger partial charge in [-0.2, -0.15) is 0 Å². The number of carbonyl (C=O) groups is 1. The smallest absolute Gasteiger partial charge is 0.232 e. The Balaban J connectivity index is 2.64. The van der Waals surface area contributed by atoms with Crippen LogP contribution in [-0.4, -0.2) is 33.3 Å². The zero-order chi connectivity index (χ0) is 13.6. The molecule has 0 radical (unpaired) electrons.